The van der Waals surface area contributed by atoms with Gasteiger partial charge in [-0.2, -0.15) is 13.2 Å². The van der Waals surface area contributed by atoms with Gasteiger partial charge < -0.3 is 5.32 Å². The van der Waals surface area contributed by atoms with Crippen molar-refractivity contribution in [1.29, 1.82) is 0 Å². The molecule has 0 bridgehead atoms. The highest BCUT2D eigenvalue weighted by atomic mass is 32.2. The first kappa shape index (κ1) is 16.4. The van der Waals surface area contributed by atoms with E-state index in [0.29, 0.717) is 5.69 Å². The lowest BCUT2D eigenvalue weighted by molar-refractivity contribution is -0.137. The normalized spacial score (nSPS) is 18.1. The van der Waals surface area contributed by atoms with Crippen LogP contribution in [0.3, 0.4) is 0 Å². The van der Waals surface area contributed by atoms with Crippen LogP contribution in [-0.4, -0.2) is 16.5 Å². The van der Waals surface area contributed by atoms with E-state index in [0.717, 1.165) is 28.8 Å². The van der Waals surface area contributed by atoms with Crippen LogP contribution in [0.15, 0.2) is 54.6 Å². The Hall–Kier alpha value is -2.48. The second kappa shape index (κ2) is 6.20. The third-order valence-electron chi connectivity index (χ3n) is 3.35. The van der Waals surface area contributed by atoms with E-state index >= 15 is 0 Å². The Morgan fingerprint density at radius 3 is 2.38 bits per heavy atom. The summed E-state index contributed by atoms with van der Waals surface area (Å²) in [6, 6.07) is 12.9. The Morgan fingerprint density at radius 2 is 1.71 bits per heavy atom. The summed E-state index contributed by atoms with van der Waals surface area (Å²) in [7, 11) is 0. The summed E-state index contributed by atoms with van der Waals surface area (Å²) >= 11 is 0.730. The number of benzene rings is 2. The molecule has 3 rings (SSSR count). The predicted octanol–water partition coefficient (Wildman–Crippen LogP) is 4.34. The lowest BCUT2D eigenvalue weighted by Gasteiger charge is -2.15. The van der Waals surface area contributed by atoms with E-state index in [-0.39, 0.29) is 5.69 Å². The van der Waals surface area contributed by atoms with E-state index < -0.39 is 28.3 Å². The molecule has 24 heavy (non-hydrogen) atoms. The summed E-state index contributed by atoms with van der Waals surface area (Å²) in [6.07, 6.45) is -4.48. The van der Waals surface area contributed by atoms with Crippen LogP contribution in [0.25, 0.3) is 0 Å². The summed E-state index contributed by atoms with van der Waals surface area (Å²) in [5, 5.41) is 1.24. The van der Waals surface area contributed by atoms with Crippen molar-refractivity contribution in [3.8, 4) is 0 Å². The number of alkyl halides is 3. The summed E-state index contributed by atoms with van der Waals surface area (Å²) in [4.78, 5) is 25.5. The highest BCUT2D eigenvalue weighted by Gasteiger charge is 2.41. The van der Waals surface area contributed by atoms with E-state index in [1.54, 1.807) is 30.3 Å². The molecule has 1 aliphatic heterocycles. The first-order valence-electron chi connectivity index (χ1n) is 6.90. The average molecular weight is 352 g/mol. The van der Waals surface area contributed by atoms with Crippen molar-refractivity contribution in [2.75, 3.05) is 10.2 Å². The van der Waals surface area contributed by atoms with Crippen molar-refractivity contribution >= 4 is 34.3 Å². The molecule has 0 aliphatic carbocycles. The van der Waals surface area contributed by atoms with Gasteiger partial charge in [0, 0.05) is 5.69 Å². The Morgan fingerprint density at radius 1 is 1.00 bits per heavy atom. The zero-order chi connectivity index (χ0) is 17.3. The van der Waals surface area contributed by atoms with Crippen LogP contribution in [0.4, 0.5) is 29.3 Å². The lowest BCUT2D eigenvalue weighted by atomic mass is 10.2. The Labute approximate surface area is 139 Å². The minimum absolute atomic E-state index is 0.124. The maximum absolute atomic E-state index is 12.7. The first-order valence-corrected chi connectivity index (χ1v) is 7.77. The van der Waals surface area contributed by atoms with Gasteiger partial charge in [-0.3, -0.25) is 9.59 Å². The average Bonchev–Trinajstić information content (AvgIpc) is 2.82. The first-order chi connectivity index (χ1) is 11.4. The van der Waals surface area contributed by atoms with Gasteiger partial charge in [-0.1, -0.05) is 24.3 Å². The zero-order valence-electron chi connectivity index (χ0n) is 12.1. The molecule has 8 heteroatoms. The van der Waals surface area contributed by atoms with Gasteiger partial charge in [-0.15, -0.1) is 0 Å². The molecule has 124 valence electrons. The van der Waals surface area contributed by atoms with Crippen molar-refractivity contribution in [3.63, 3.8) is 0 Å². The van der Waals surface area contributed by atoms with E-state index in [1.165, 1.54) is 12.1 Å². The van der Waals surface area contributed by atoms with Crippen LogP contribution in [-0.2, 0) is 11.0 Å². The van der Waals surface area contributed by atoms with E-state index in [1.807, 2.05) is 0 Å². The largest absolute Gasteiger partial charge is 0.416 e. The molecule has 1 heterocycles. The number of anilines is 2. The van der Waals surface area contributed by atoms with Gasteiger partial charge in [0.1, 0.15) is 0 Å². The molecule has 0 radical (unpaired) electrons. The summed E-state index contributed by atoms with van der Waals surface area (Å²) < 4.78 is 38.2. The maximum atomic E-state index is 12.7. The van der Waals surface area contributed by atoms with Gasteiger partial charge >= 0.3 is 6.18 Å². The number of rotatable bonds is 3. The molecule has 2 aromatic carbocycles. The molecular formula is C16H11F3N2O2S. The smallest absolute Gasteiger partial charge is 0.365 e. The van der Waals surface area contributed by atoms with Crippen LogP contribution in [0.1, 0.15) is 5.56 Å². The van der Waals surface area contributed by atoms with Gasteiger partial charge in [0.15, 0.2) is 5.37 Å². The monoisotopic (exact) mass is 352 g/mol. The number of imide groups is 1. The van der Waals surface area contributed by atoms with Gasteiger partial charge in [0.2, 0.25) is 0 Å². The number of nitrogens with zero attached hydrogens (tertiary/aromatic N) is 1. The number of nitrogens with one attached hydrogen (secondary N) is 1. The zero-order valence-corrected chi connectivity index (χ0v) is 12.9. The van der Waals surface area contributed by atoms with Crippen LogP contribution in [0.5, 0.6) is 0 Å². The predicted molar refractivity (Wildman–Crippen MR) is 85.8 cm³/mol. The number of amides is 2. The molecular weight excluding hydrogens is 341 g/mol. The molecule has 1 atom stereocenters. The lowest BCUT2D eigenvalue weighted by Crippen LogP contribution is -2.34. The van der Waals surface area contributed by atoms with Gasteiger partial charge in [0.05, 0.1) is 11.3 Å². The molecule has 0 spiro atoms. The highest BCUT2D eigenvalue weighted by Crippen LogP contribution is 2.34. The number of para-hydroxylation sites is 1. The number of carbonyl (C=O) groups excluding carboxylic acids is 2. The number of halogens is 3. The van der Waals surface area contributed by atoms with Crippen molar-refractivity contribution < 1.29 is 22.8 Å². The minimum Gasteiger partial charge on any atom is -0.365 e. The minimum atomic E-state index is -4.48. The third kappa shape index (κ3) is 3.23. The van der Waals surface area contributed by atoms with Gasteiger partial charge in [0.25, 0.3) is 11.1 Å². The standard InChI is InChI=1S/C16H11F3N2O2S/c17-16(18,19)10-5-4-6-11(9-10)20-13-14(22)21(15(23)24-13)12-7-2-1-3-8-12/h1-9,13,20H/t13-/m1/s1. The molecule has 1 N–H and O–H groups in total. The topological polar surface area (TPSA) is 49.4 Å². The fourth-order valence-corrected chi connectivity index (χ4v) is 3.15. The molecule has 0 saturated carbocycles. The SMILES string of the molecule is O=C1S[C@@H](Nc2cccc(C(F)(F)F)c2)C(=O)N1c1ccccc1. The molecule has 1 fully saturated rings. The maximum Gasteiger partial charge on any atom is 0.416 e. The summed E-state index contributed by atoms with van der Waals surface area (Å²) in [5.41, 5.74) is -0.277. The van der Waals surface area contributed by atoms with Gasteiger partial charge in [-0.05, 0) is 42.1 Å². The van der Waals surface area contributed by atoms with Crippen LogP contribution in [0, 0.1) is 0 Å². The Kier molecular flexibility index (Phi) is 4.23. The molecule has 0 unspecified atom stereocenters. The molecule has 1 aliphatic rings. The van der Waals surface area contributed by atoms with Crippen molar-refractivity contribution in [3.05, 3.63) is 60.2 Å². The van der Waals surface area contributed by atoms with Crippen molar-refractivity contribution in [2.24, 2.45) is 0 Å². The molecule has 1 saturated heterocycles. The Balaban J connectivity index is 1.80. The fraction of sp³-hybridized carbons (Fsp3) is 0.125. The molecule has 2 amide bonds. The summed E-state index contributed by atoms with van der Waals surface area (Å²) in [6.45, 7) is 0. The van der Waals surface area contributed by atoms with Crippen molar-refractivity contribution in [1.82, 2.24) is 0 Å². The van der Waals surface area contributed by atoms with Crippen LogP contribution >= 0.6 is 11.8 Å². The molecule has 0 aromatic heterocycles. The van der Waals surface area contributed by atoms with Crippen LogP contribution in [0.2, 0.25) is 0 Å². The van der Waals surface area contributed by atoms with Crippen LogP contribution < -0.4 is 10.2 Å². The highest BCUT2D eigenvalue weighted by molar-refractivity contribution is 8.16. The third-order valence-corrected chi connectivity index (χ3v) is 4.29. The van der Waals surface area contributed by atoms with E-state index in [9.17, 15) is 22.8 Å². The quantitative estimate of drug-likeness (QED) is 0.893. The fourth-order valence-electron chi connectivity index (χ4n) is 2.25. The number of hydrogen-bond acceptors (Lipinski definition) is 4. The van der Waals surface area contributed by atoms with Crippen molar-refractivity contribution in [2.45, 2.75) is 11.6 Å². The van der Waals surface area contributed by atoms with Gasteiger partial charge in [-0.25, -0.2) is 4.90 Å². The second-order valence-electron chi connectivity index (χ2n) is 5.00. The Bertz CT molecular complexity index is 780. The molecule has 4 nitrogen and oxygen atoms in total. The van der Waals surface area contributed by atoms with E-state index in [4.69, 9.17) is 0 Å². The molecule has 2 aromatic rings. The van der Waals surface area contributed by atoms with E-state index in [2.05, 4.69) is 5.32 Å². The summed E-state index contributed by atoms with van der Waals surface area (Å²) in [5.74, 6) is -0.520. The number of hydrogen-bond donors (Lipinski definition) is 1. The number of thioether (sulfide) groups is 1. The number of carbonyl (C=O) groups is 2. The second-order valence-corrected chi connectivity index (χ2v) is 6.05.